The Morgan fingerprint density at radius 1 is 1.25 bits per heavy atom. The molecule has 2 aromatic carbocycles. The molecule has 6 nitrogen and oxygen atoms in total. The highest BCUT2D eigenvalue weighted by atomic mass is 16.3. The minimum absolute atomic E-state index is 0.121. The Morgan fingerprint density at radius 3 is 2.83 bits per heavy atom. The maximum absolute atomic E-state index is 11.9. The van der Waals surface area contributed by atoms with Crippen LogP contribution in [0.15, 0.2) is 53.6 Å². The van der Waals surface area contributed by atoms with E-state index in [2.05, 4.69) is 15.5 Å². The van der Waals surface area contributed by atoms with Crippen molar-refractivity contribution in [3.63, 3.8) is 0 Å². The van der Waals surface area contributed by atoms with Crippen LogP contribution in [0.3, 0.4) is 0 Å². The highest BCUT2D eigenvalue weighted by Crippen LogP contribution is 2.16. The number of benzene rings is 2. The fourth-order valence-electron chi connectivity index (χ4n) is 2.52. The van der Waals surface area contributed by atoms with Crippen LogP contribution < -0.4 is 5.43 Å². The number of rotatable bonds is 5. The Kier molecular flexibility index (Phi) is 4.56. The second-order valence-corrected chi connectivity index (χ2v) is 5.40. The zero-order valence-corrected chi connectivity index (χ0v) is 13.3. The zero-order valence-electron chi connectivity index (χ0n) is 13.3. The zero-order chi connectivity index (χ0) is 16.9. The number of hydrogen-bond acceptors (Lipinski definition) is 4. The van der Waals surface area contributed by atoms with Crippen molar-refractivity contribution in [3.8, 4) is 5.75 Å². The molecule has 0 radical (unpaired) electrons. The number of aromatic hydroxyl groups is 1. The van der Waals surface area contributed by atoms with Gasteiger partial charge >= 0.3 is 0 Å². The minimum atomic E-state index is -0.196. The topological polar surface area (TPSA) is 79.5 Å². The number of imidazole rings is 1. The molecule has 2 N–H and O–H groups in total. The van der Waals surface area contributed by atoms with Gasteiger partial charge in [-0.15, -0.1) is 0 Å². The summed E-state index contributed by atoms with van der Waals surface area (Å²) in [5.74, 6) is 0.802. The highest BCUT2D eigenvalue weighted by Gasteiger charge is 2.08. The first-order valence-electron chi connectivity index (χ1n) is 7.67. The smallest absolute Gasteiger partial charge is 0.241 e. The molecule has 122 valence electrons. The molecule has 0 fully saturated rings. The second-order valence-electron chi connectivity index (χ2n) is 5.40. The number of phenolic OH excluding ortho intramolecular Hbond substituents is 1. The van der Waals surface area contributed by atoms with Crippen molar-refractivity contribution in [1.82, 2.24) is 15.0 Å². The van der Waals surface area contributed by atoms with Gasteiger partial charge in [-0.1, -0.05) is 24.3 Å². The van der Waals surface area contributed by atoms with Gasteiger partial charge in [0, 0.05) is 18.5 Å². The Balaban J connectivity index is 1.59. The van der Waals surface area contributed by atoms with Crippen LogP contribution in [0.25, 0.3) is 11.0 Å². The number of para-hydroxylation sites is 3. The van der Waals surface area contributed by atoms with Crippen LogP contribution in [0.4, 0.5) is 0 Å². The van der Waals surface area contributed by atoms with Crippen molar-refractivity contribution in [2.24, 2.45) is 5.10 Å². The maximum Gasteiger partial charge on any atom is 0.241 e. The predicted octanol–water partition coefficient (Wildman–Crippen LogP) is 2.59. The maximum atomic E-state index is 11.9. The molecule has 0 atom stereocenters. The van der Waals surface area contributed by atoms with E-state index in [9.17, 15) is 9.90 Å². The number of aromatic nitrogens is 2. The lowest BCUT2D eigenvalue weighted by molar-refractivity contribution is -0.121. The molecule has 6 heteroatoms. The number of carbonyl (C=O) groups is 1. The number of phenols is 1. The van der Waals surface area contributed by atoms with Crippen molar-refractivity contribution < 1.29 is 9.90 Å². The van der Waals surface area contributed by atoms with E-state index in [1.54, 1.807) is 24.3 Å². The van der Waals surface area contributed by atoms with Crippen molar-refractivity contribution in [1.29, 1.82) is 0 Å². The van der Waals surface area contributed by atoms with Crippen molar-refractivity contribution >= 4 is 23.2 Å². The molecule has 3 rings (SSSR count). The molecule has 0 aliphatic rings. The lowest BCUT2D eigenvalue weighted by atomic mass is 10.2. The molecular weight excluding hydrogens is 304 g/mol. The summed E-state index contributed by atoms with van der Waals surface area (Å²) in [6.45, 7) is 2.46. The Labute approximate surface area is 139 Å². The number of nitrogens with one attached hydrogen (secondary N) is 1. The molecule has 3 aromatic rings. The largest absolute Gasteiger partial charge is 0.507 e. The van der Waals surface area contributed by atoms with E-state index in [-0.39, 0.29) is 11.7 Å². The lowest BCUT2D eigenvalue weighted by Crippen LogP contribution is -2.19. The summed E-state index contributed by atoms with van der Waals surface area (Å²) >= 11 is 0. The molecule has 0 aliphatic heterocycles. The number of carbonyl (C=O) groups excluding carboxylic acids is 1. The third-order valence-electron chi connectivity index (χ3n) is 3.74. The van der Waals surface area contributed by atoms with Crippen LogP contribution in [0.5, 0.6) is 5.75 Å². The summed E-state index contributed by atoms with van der Waals surface area (Å²) in [6.07, 6.45) is 1.71. The normalized spacial score (nSPS) is 11.2. The van der Waals surface area contributed by atoms with Crippen LogP contribution in [0.2, 0.25) is 0 Å². The predicted molar refractivity (Wildman–Crippen MR) is 92.9 cm³/mol. The van der Waals surface area contributed by atoms with E-state index >= 15 is 0 Å². The van der Waals surface area contributed by atoms with Gasteiger partial charge in [0.1, 0.15) is 11.6 Å². The van der Waals surface area contributed by atoms with Crippen LogP contribution >= 0.6 is 0 Å². The number of aryl methyl sites for hydroxylation is 2. The Bertz CT molecular complexity index is 899. The van der Waals surface area contributed by atoms with Gasteiger partial charge in [-0.05, 0) is 31.2 Å². The molecule has 0 saturated heterocycles. The Hall–Kier alpha value is -3.15. The second kappa shape index (κ2) is 6.95. The quantitative estimate of drug-likeness (QED) is 0.560. The number of nitrogens with zero attached hydrogens (tertiary/aromatic N) is 3. The van der Waals surface area contributed by atoms with Gasteiger partial charge in [0.2, 0.25) is 5.91 Å². The summed E-state index contributed by atoms with van der Waals surface area (Å²) in [5, 5.41) is 13.5. The van der Waals surface area contributed by atoms with E-state index in [4.69, 9.17) is 0 Å². The number of amides is 1. The number of hydrogen-bond donors (Lipinski definition) is 2. The van der Waals surface area contributed by atoms with Crippen molar-refractivity contribution in [3.05, 3.63) is 59.9 Å². The Morgan fingerprint density at radius 2 is 2.00 bits per heavy atom. The summed E-state index contributed by atoms with van der Waals surface area (Å²) < 4.78 is 2.02. The fourth-order valence-corrected chi connectivity index (χ4v) is 2.52. The summed E-state index contributed by atoms with van der Waals surface area (Å²) in [6, 6.07) is 14.6. The summed E-state index contributed by atoms with van der Waals surface area (Å²) in [5.41, 5.74) is 4.96. The van der Waals surface area contributed by atoms with Crippen LogP contribution in [-0.2, 0) is 11.3 Å². The fraction of sp³-hybridized carbons (Fsp3) is 0.167. The van der Waals surface area contributed by atoms with Gasteiger partial charge in [-0.3, -0.25) is 4.79 Å². The van der Waals surface area contributed by atoms with Gasteiger partial charge in [-0.25, -0.2) is 10.4 Å². The molecule has 24 heavy (non-hydrogen) atoms. The molecule has 0 unspecified atom stereocenters. The van der Waals surface area contributed by atoms with Gasteiger partial charge in [0.15, 0.2) is 0 Å². The van der Waals surface area contributed by atoms with E-state index in [0.717, 1.165) is 16.9 Å². The van der Waals surface area contributed by atoms with E-state index < -0.39 is 0 Å². The van der Waals surface area contributed by atoms with E-state index in [1.165, 1.54) is 6.21 Å². The molecular formula is C18H18N4O2. The lowest BCUT2D eigenvalue weighted by Gasteiger charge is -2.06. The average Bonchev–Trinajstić information content (AvgIpc) is 2.90. The van der Waals surface area contributed by atoms with Gasteiger partial charge in [-0.2, -0.15) is 5.10 Å². The van der Waals surface area contributed by atoms with Crippen molar-refractivity contribution in [2.45, 2.75) is 19.9 Å². The molecule has 0 saturated carbocycles. The van der Waals surface area contributed by atoms with Crippen molar-refractivity contribution in [2.75, 3.05) is 0 Å². The third kappa shape index (κ3) is 3.43. The van der Waals surface area contributed by atoms with Crippen LogP contribution in [0, 0.1) is 6.92 Å². The monoisotopic (exact) mass is 322 g/mol. The van der Waals surface area contributed by atoms with Gasteiger partial charge < -0.3 is 9.67 Å². The molecule has 1 amide bonds. The molecule has 1 aromatic heterocycles. The van der Waals surface area contributed by atoms with Crippen LogP contribution in [0.1, 0.15) is 17.8 Å². The van der Waals surface area contributed by atoms with E-state index in [1.807, 2.05) is 35.8 Å². The summed E-state index contributed by atoms with van der Waals surface area (Å²) in [7, 11) is 0. The molecule has 0 aliphatic carbocycles. The molecule has 1 heterocycles. The first-order chi connectivity index (χ1) is 11.6. The number of fused-ring (bicyclic) bond motifs is 1. The first-order valence-corrected chi connectivity index (χ1v) is 7.67. The molecule has 0 bridgehead atoms. The first kappa shape index (κ1) is 15.7. The number of hydrazone groups is 1. The third-order valence-corrected chi connectivity index (χ3v) is 3.74. The van der Waals surface area contributed by atoms with E-state index in [0.29, 0.717) is 18.5 Å². The van der Waals surface area contributed by atoms with Gasteiger partial charge in [0.25, 0.3) is 0 Å². The van der Waals surface area contributed by atoms with Crippen LogP contribution in [-0.4, -0.2) is 26.8 Å². The van der Waals surface area contributed by atoms with Gasteiger partial charge in [0.05, 0.1) is 17.2 Å². The molecule has 0 spiro atoms. The standard InChI is InChI=1S/C18H18N4O2/c1-13-20-15-7-3-4-8-16(15)22(13)11-10-18(24)21-19-12-14-6-2-5-9-17(14)23/h2-9,12,23H,10-11H2,1H3,(H,21,24). The SMILES string of the molecule is Cc1nc2ccccc2n1CCC(=O)NN=Cc1ccccc1O. The summed E-state index contributed by atoms with van der Waals surface area (Å²) in [4.78, 5) is 16.4. The minimum Gasteiger partial charge on any atom is -0.507 e. The highest BCUT2D eigenvalue weighted by molar-refractivity contribution is 5.85. The average molecular weight is 322 g/mol.